The fourth-order valence-corrected chi connectivity index (χ4v) is 4.04. The standard InChI is InChI=1S/C18H22N2S.C4H6O5/c1-14-7-8-17(15(2)13-14)21-18-6-4-3-5-16(18)20-11-9-19-10-12-20;5-2(4(8)9)1-3(6)7/h3-8,13,19H,9-12H2,1-2H3;2,5H,1H2,(H,6,7)(H,8,9)/t;2-/m.0/s1. The fraction of sp³-hybridized carbons (Fsp3) is 0.364. The lowest BCUT2D eigenvalue weighted by Gasteiger charge is -2.31. The van der Waals surface area contributed by atoms with E-state index in [4.69, 9.17) is 15.3 Å². The number of para-hydroxylation sites is 1. The second kappa shape index (κ2) is 11.6. The number of aliphatic hydroxyl groups excluding tert-OH is 1. The van der Waals surface area contributed by atoms with Crippen LogP contribution < -0.4 is 10.2 Å². The molecule has 0 radical (unpaired) electrons. The number of nitrogens with zero attached hydrogens (tertiary/aromatic N) is 1. The van der Waals surface area contributed by atoms with Crippen LogP contribution in [0.25, 0.3) is 0 Å². The van der Waals surface area contributed by atoms with E-state index < -0.39 is 24.5 Å². The van der Waals surface area contributed by atoms with E-state index in [1.54, 1.807) is 0 Å². The van der Waals surface area contributed by atoms with Crippen molar-refractivity contribution in [1.29, 1.82) is 0 Å². The van der Waals surface area contributed by atoms with Crippen LogP contribution in [0, 0.1) is 13.8 Å². The average molecular weight is 433 g/mol. The Balaban J connectivity index is 0.000000303. The van der Waals surface area contributed by atoms with Crippen LogP contribution in [-0.2, 0) is 9.59 Å². The number of aryl methyl sites for hydroxylation is 2. The van der Waals surface area contributed by atoms with Crippen molar-refractivity contribution >= 4 is 29.4 Å². The molecule has 0 bridgehead atoms. The summed E-state index contributed by atoms with van der Waals surface area (Å²) in [6.45, 7) is 8.67. The van der Waals surface area contributed by atoms with Crippen molar-refractivity contribution in [2.45, 2.75) is 36.2 Å². The summed E-state index contributed by atoms with van der Waals surface area (Å²) in [5, 5.41) is 27.6. The number of hydrogen-bond donors (Lipinski definition) is 4. The highest BCUT2D eigenvalue weighted by molar-refractivity contribution is 7.99. The third-order valence-electron chi connectivity index (χ3n) is 4.53. The molecular formula is C22H28N2O5S. The van der Waals surface area contributed by atoms with Gasteiger partial charge >= 0.3 is 11.9 Å². The molecule has 1 aliphatic heterocycles. The maximum absolute atomic E-state index is 9.72. The van der Waals surface area contributed by atoms with E-state index in [1.807, 2.05) is 11.8 Å². The molecule has 8 heteroatoms. The first-order chi connectivity index (χ1) is 14.3. The summed E-state index contributed by atoms with van der Waals surface area (Å²) in [5.74, 6) is -2.85. The minimum absolute atomic E-state index is 0.755. The highest BCUT2D eigenvalue weighted by Gasteiger charge is 2.16. The number of carbonyl (C=O) groups is 2. The van der Waals surface area contributed by atoms with Crippen LogP contribution >= 0.6 is 11.8 Å². The smallest absolute Gasteiger partial charge is 0.333 e. The molecule has 1 saturated heterocycles. The highest BCUT2D eigenvalue weighted by atomic mass is 32.2. The zero-order valence-corrected chi connectivity index (χ0v) is 18.0. The summed E-state index contributed by atoms with van der Waals surface area (Å²) in [6.07, 6.45) is -2.54. The molecule has 0 amide bonds. The van der Waals surface area contributed by atoms with Crippen LogP contribution in [0.1, 0.15) is 17.5 Å². The van der Waals surface area contributed by atoms with Gasteiger partial charge in [0.1, 0.15) is 0 Å². The Hall–Kier alpha value is -2.55. The van der Waals surface area contributed by atoms with Gasteiger partial charge in [-0.25, -0.2) is 4.79 Å². The number of aliphatic carboxylic acids is 2. The molecule has 1 atom stereocenters. The molecule has 2 aromatic carbocycles. The first-order valence-electron chi connectivity index (χ1n) is 9.70. The zero-order valence-electron chi connectivity index (χ0n) is 17.2. The van der Waals surface area contributed by atoms with E-state index in [2.05, 4.69) is 66.5 Å². The maximum Gasteiger partial charge on any atom is 0.333 e. The number of rotatable bonds is 6. The number of piperazine rings is 1. The summed E-state index contributed by atoms with van der Waals surface area (Å²) in [4.78, 5) is 24.6. The minimum atomic E-state index is -1.79. The molecule has 1 heterocycles. The SMILES string of the molecule is Cc1ccc(Sc2ccccc2N2CCNCC2)c(C)c1.O=C(O)C[C@H](O)C(=O)O. The van der Waals surface area contributed by atoms with E-state index in [9.17, 15) is 9.59 Å². The van der Waals surface area contributed by atoms with Crippen LogP contribution in [0.5, 0.6) is 0 Å². The molecule has 2 aromatic rings. The zero-order chi connectivity index (χ0) is 22.1. The van der Waals surface area contributed by atoms with Crippen molar-refractivity contribution in [2.75, 3.05) is 31.1 Å². The largest absolute Gasteiger partial charge is 0.481 e. The molecule has 162 valence electrons. The quantitative estimate of drug-likeness (QED) is 0.552. The molecule has 0 spiro atoms. The van der Waals surface area contributed by atoms with Crippen LogP contribution in [0.4, 0.5) is 5.69 Å². The van der Waals surface area contributed by atoms with Crippen LogP contribution in [-0.4, -0.2) is 59.5 Å². The van der Waals surface area contributed by atoms with Crippen LogP contribution in [0.3, 0.4) is 0 Å². The Kier molecular flexibility index (Phi) is 9.16. The summed E-state index contributed by atoms with van der Waals surface area (Å²) in [5.41, 5.74) is 4.05. The van der Waals surface area contributed by atoms with E-state index in [-0.39, 0.29) is 0 Å². The molecule has 4 N–H and O–H groups in total. The lowest BCUT2D eigenvalue weighted by atomic mass is 10.2. The Labute approximate surface area is 180 Å². The van der Waals surface area contributed by atoms with Crippen molar-refractivity contribution < 1.29 is 24.9 Å². The monoisotopic (exact) mass is 432 g/mol. The molecule has 0 unspecified atom stereocenters. The van der Waals surface area contributed by atoms with E-state index in [1.165, 1.54) is 26.6 Å². The molecule has 1 fully saturated rings. The normalized spacial score (nSPS) is 14.4. The molecule has 30 heavy (non-hydrogen) atoms. The number of nitrogens with one attached hydrogen (secondary N) is 1. The van der Waals surface area contributed by atoms with Crippen LogP contribution in [0.2, 0.25) is 0 Å². The van der Waals surface area contributed by atoms with Crippen molar-refractivity contribution in [3.8, 4) is 0 Å². The van der Waals surface area contributed by atoms with Gasteiger partial charge < -0.3 is 25.5 Å². The fourth-order valence-electron chi connectivity index (χ4n) is 3.00. The maximum atomic E-state index is 9.72. The number of anilines is 1. The number of hydrogen-bond acceptors (Lipinski definition) is 6. The van der Waals surface area contributed by atoms with Gasteiger partial charge in [-0.15, -0.1) is 0 Å². The van der Waals surface area contributed by atoms with Gasteiger partial charge in [-0.05, 0) is 37.6 Å². The molecule has 7 nitrogen and oxygen atoms in total. The second-order valence-corrected chi connectivity index (χ2v) is 8.11. The highest BCUT2D eigenvalue weighted by Crippen LogP contribution is 2.37. The minimum Gasteiger partial charge on any atom is -0.481 e. The summed E-state index contributed by atoms with van der Waals surface area (Å²) >= 11 is 1.88. The topological polar surface area (TPSA) is 110 Å². The summed E-state index contributed by atoms with van der Waals surface area (Å²) in [6, 6.07) is 15.5. The second-order valence-electron chi connectivity index (χ2n) is 7.03. The van der Waals surface area contributed by atoms with E-state index in [0.29, 0.717) is 0 Å². The number of carboxylic acid groups (broad SMARTS) is 2. The van der Waals surface area contributed by atoms with Gasteiger partial charge in [-0.1, -0.05) is 41.6 Å². The Bertz CT molecular complexity index is 868. The molecule has 0 aromatic heterocycles. The first kappa shape index (κ1) is 23.7. The van der Waals surface area contributed by atoms with Gasteiger partial charge in [0.05, 0.1) is 12.1 Å². The van der Waals surface area contributed by atoms with Crippen LogP contribution in [0.15, 0.2) is 52.3 Å². The van der Waals surface area contributed by atoms with Crippen molar-refractivity contribution in [1.82, 2.24) is 5.32 Å². The predicted molar refractivity (Wildman–Crippen MR) is 117 cm³/mol. The summed E-state index contributed by atoms with van der Waals surface area (Å²) in [7, 11) is 0. The average Bonchev–Trinajstić information content (AvgIpc) is 2.71. The molecule has 0 saturated carbocycles. The van der Waals surface area contributed by atoms with E-state index >= 15 is 0 Å². The van der Waals surface area contributed by atoms with Crippen molar-refractivity contribution in [2.24, 2.45) is 0 Å². The van der Waals surface area contributed by atoms with Gasteiger partial charge in [0, 0.05) is 36.0 Å². The predicted octanol–water partition coefficient (Wildman–Crippen LogP) is 2.77. The van der Waals surface area contributed by atoms with Gasteiger partial charge in [0.25, 0.3) is 0 Å². The third-order valence-corrected chi connectivity index (χ3v) is 5.77. The van der Waals surface area contributed by atoms with Gasteiger partial charge in [0.15, 0.2) is 6.10 Å². The molecular weight excluding hydrogens is 404 g/mol. The number of benzene rings is 2. The number of carboxylic acids is 2. The molecule has 3 rings (SSSR count). The number of aliphatic hydroxyl groups is 1. The third kappa shape index (κ3) is 7.37. The van der Waals surface area contributed by atoms with Gasteiger partial charge in [-0.2, -0.15) is 0 Å². The summed E-state index contributed by atoms with van der Waals surface area (Å²) < 4.78 is 0. The van der Waals surface area contributed by atoms with E-state index in [0.717, 1.165) is 26.2 Å². The van der Waals surface area contributed by atoms with Crippen molar-refractivity contribution in [3.63, 3.8) is 0 Å². The Morgan fingerprint density at radius 2 is 1.73 bits per heavy atom. The molecule has 1 aliphatic rings. The van der Waals surface area contributed by atoms with Gasteiger partial charge in [0.2, 0.25) is 0 Å². The Morgan fingerprint density at radius 1 is 1.07 bits per heavy atom. The first-order valence-corrected chi connectivity index (χ1v) is 10.5. The van der Waals surface area contributed by atoms with Crippen molar-refractivity contribution in [3.05, 3.63) is 53.6 Å². The lowest BCUT2D eigenvalue weighted by Crippen LogP contribution is -2.43. The van der Waals surface area contributed by atoms with Gasteiger partial charge in [-0.3, -0.25) is 4.79 Å². The Morgan fingerprint density at radius 3 is 2.30 bits per heavy atom. The molecule has 0 aliphatic carbocycles. The lowest BCUT2D eigenvalue weighted by molar-refractivity contribution is -0.152.